The molecule has 0 unspecified atom stereocenters. The number of rotatable bonds is 5. The van der Waals surface area contributed by atoms with E-state index in [0.29, 0.717) is 0 Å². The van der Waals surface area contributed by atoms with Crippen molar-refractivity contribution in [2.75, 3.05) is 18.9 Å². The van der Waals surface area contributed by atoms with Crippen LogP contribution in [-0.4, -0.2) is 29.4 Å². The van der Waals surface area contributed by atoms with E-state index in [4.69, 9.17) is 5.26 Å². The fourth-order valence-corrected chi connectivity index (χ4v) is 1.51. The van der Waals surface area contributed by atoms with E-state index >= 15 is 0 Å². The Morgan fingerprint density at radius 2 is 2.25 bits per heavy atom. The van der Waals surface area contributed by atoms with Crippen LogP contribution in [0, 0.1) is 26.9 Å². The molecule has 1 aromatic rings. The first-order valence-electron chi connectivity index (χ1n) is 5.82. The minimum atomic E-state index is -0.752. The van der Waals surface area contributed by atoms with Gasteiger partial charge in [-0.1, -0.05) is 0 Å². The summed E-state index contributed by atoms with van der Waals surface area (Å²) in [6, 6.07) is 2.93. The van der Waals surface area contributed by atoms with Gasteiger partial charge in [0.15, 0.2) is 0 Å². The first-order chi connectivity index (χ1) is 9.31. The summed E-state index contributed by atoms with van der Waals surface area (Å²) in [6.45, 7) is 3.58. The van der Waals surface area contributed by atoms with Gasteiger partial charge >= 0.3 is 5.69 Å². The quantitative estimate of drug-likeness (QED) is 0.612. The van der Waals surface area contributed by atoms with Gasteiger partial charge in [-0.2, -0.15) is 5.26 Å². The molecule has 0 bridgehead atoms. The van der Waals surface area contributed by atoms with Crippen LogP contribution in [0.25, 0.3) is 0 Å². The molecule has 20 heavy (non-hydrogen) atoms. The number of anilines is 1. The van der Waals surface area contributed by atoms with Gasteiger partial charge in [-0.25, -0.2) is 4.98 Å². The maximum Gasteiger partial charge on any atom is 0.312 e. The molecule has 8 nitrogen and oxygen atoms in total. The van der Waals surface area contributed by atoms with Crippen LogP contribution >= 0.6 is 0 Å². The maximum atomic E-state index is 11.6. The van der Waals surface area contributed by atoms with Crippen LogP contribution in [0.2, 0.25) is 0 Å². The van der Waals surface area contributed by atoms with E-state index in [1.807, 2.05) is 0 Å². The van der Waals surface area contributed by atoms with E-state index in [0.717, 1.165) is 6.07 Å². The van der Waals surface area contributed by atoms with Gasteiger partial charge in [-0.3, -0.25) is 14.9 Å². The van der Waals surface area contributed by atoms with Gasteiger partial charge in [-0.15, -0.1) is 0 Å². The molecule has 0 radical (unpaired) electrons. The molecule has 0 aromatic carbocycles. The summed E-state index contributed by atoms with van der Waals surface area (Å²) >= 11 is 0. The summed E-state index contributed by atoms with van der Waals surface area (Å²) in [4.78, 5) is 25.8. The van der Waals surface area contributed by atoms with Crippen molar-refractivity contribution in [1.29, 1.82) is 5.26 Å². The Kier molecular flexibility index (Phi) is 4.59. The van der Waals surface area contributed by atoms with Crippen molar-refractivity contribution < 1.29 is 9.72 Å². The molecule has 2 N–H and O–H groups in total. The minimum Gasteiger partial charge on any atom is -0.363 e. The lowest BCUT2D eigenvalue weighted by atomic mass is 9.92. The average molecular weight is 277 g/mol. The normalized spacial score (nSPS) is 10.5. The predicted molar refractivity (Wildman–Crippen MR) is 71.9 cm³/mol. The molecule has 1 amide bonds. The first-order valence-corrected chi connectivity index (χ1v) is 5.82. The van der Waals surface area contributed by atoms with Crippen LogP contribution in [0.1, 0.15) is 19.4 Å². The number of carbonyl (C=O) groups is 1. The first kappa shape index (κ1) is 15.4. The largest absolute Gasteiger partial charge is 0.363 e. The number of carbonyl (C=O) groups excluding carboxylic acids is 1. The van der Waals surface area contributed by atoms with Crippen molar-refractivity contribution in [2.24, 2.45) is 5.41 Å². The Balaban J connectivity index is 2.96. The van der Waals surface area contributed by atoms with Gasteiger partial charge in [0.25, 0.3) is 0 Å². The number of hydrogen-bond donors (Lipinski definition) is 2. The highest BCUT2D eigenvalue weighted by atomic mass is 16.6. The van der Waals surface area contributed by atoms with E-state index in [2.05, 4.69) is 15.6 Å². The smallest absolute Gasteiger partial charge is 0.312 e. The molecule has 0 aliphatic rings. The molecule has 1 rings (SSSR count). The lowest BCUT2D eigenvalue weighted by Crippen LogP contribution is -2.39. The predicted octanol–water partition coefficient (Wildman–Crippen LogP) is 1.05. The number of amides is 1. The minimum absolute atomic E-state index is 0.0333. The van der Waals surface area contributed by atoms with Crippen LogP contribution in [0.15, 0.2) is 12.3 Å². The third kappa shape index (κ3) is 3.41. The SMILES string of the molecule is CNC(=O)C(C)(C)CNc1ncc(C#N)cc1[N+](=O)[O-]. The highest BCUT2D eigenvalue weighted by Gasteiger charge is 2.27. The van der Waals surface area contributed by atoms with E-state index in [1.54, 1.807) is 19.9 Å². The fourth-order valence-electron chi connectivity index (χ4n) is 1.51. The van der Waals surface area contributed by atoms with E-state index in [1.165, 1.54) is 13.2 Å². The summed E-state index contributed by atoms with van der Waals surface area (Å²) in [6.07, 6.45) is 1.24. The molecule has 106 valence electrons. The molecular weight excluding hydrogens is 262 g/mol. The Morgan fingerprint density at radius 3 is 2.75 bits per heavy atom. The monoisotopic (exact) mass is 277 g/mol. The number of pyridine rings is 1. The zero-order valence-electron chi connectivity index (χ0n) is 11.4. The van der Waals surface area contributed by atoms with Gasteiger partial charge in [-0.05, 0) is 13.8 Å². The summed E-state index contributed by atoms with van der Waals surface area (Å²) in [5.41, 5.74) is -0.942. The average Bonchev–Trinajstić information content (AvgIpc) is 2.43. The molecule has 0 saturated carbocycles. The summed E-state index contributed by atoms with van der Waals surface area (Å²) < 4.78 is 0. The summed E-state index contributed by atoms with van der Waals surface area (Å²) in [7, 11) is 1.52. The van der Waals surface area contributed by atoms with Gasteiger partial charge in [0.2, 0.25) is 11.7 Å². The van der Waals surface area contributed by atoms with Crippen LogP contribution in [-0.2, 0) is 4.79 Å². The van der Waals surface area contributed by atoms with Crippen molar-refractivity contribution in [3.05, 3.63) is 27.9 Å². The topological polar surface area (TPSA) is 121 Å². The number of hydrogen-bond acceptors (Lipinski definition) is 6. The molecule has 1 aromatic heterocycles. The molecule has 1 heterocycles. The second-order valence-corrected chi connectivity index (χ2v) is 4.78. The van der Waals surface area contributed by atoms with Gasteiger partial charge in [0.1, 0.15) is 6.07 Å². The van der Waals surface area contributed by atoms with Crippen LogP contribution in [0.5, 0.6) is 0 Å². The molecular formula is C12H15N5O3. The number of nitrogens with one attached hydrogen (secondary N) is 2. The zero-order valence-corrected chi connectivity index (χ0v) is 11.4. The molecule has 8 heteroatoms. The molecule has 0 aliphatic carbocycles. The van der Waals surface area contributed by atoms with Crippen LogP contribution < -0.4 is 10.6 Å². The zero-order chi connectivity index (χ0) is 15.3. The van der Waals surface area contributed by atoms with E-state index in [-0.39, 0.29) is 29.5 Å². The van der Waals surface area contributed by atoms with Crippen molar-refractivity contribution in [1.82, 2.24) is 10.3 Å². The van der Waals surface area contributed by atoms with Crippen molar-refractivity contribution in [2.45, 2.75) is 13.8 Å². The standard InChI is InChI=1S/C12H15N5O3/c1-12(2,11(18)14-3)7-16-10-9(17(19)20)4-8(5-13)6-15-10/h4,6H,7H2,1-3H3,(H,14,18)(H,15,16). The van der Waals surface area contributed by atoms with Gasteiger partial charge in [0.05, 0.1) is 15.9 Å². The molecule has 0 fully saturated rings. The van der Waals surface area contributed by atoms with Crippen molar-refractivity contribution in [3.63, 3.8) is 0 Å². The third-order valence-electron chi connectivity index (χ3n) is 2.73. The molecule has 0 spiro atoms. The van der Waals surface area contributed by atoms with Gasteiger partial charge < -0.3 is 10.6 Å². The van der Waals surface area contributed by atoms with E-state index in [9.17, 15) is 14.9 Å². The highest BCUT2D eigenvalue weighted by Crippen LogP contribution is 2.24. The lowest BCUT2D eigenvalue weighted by molar-refractivity contribution is -0.384. The number of nitro groups is 1. The second-order valence-electron chi connectivity index (χ2n) is 4.78. The number of aromatic nitrogens is 1. The Hall–Kier alpha value is -2.69. The van der Waals surface area contributed by atoms with Crippen molar-refractivity contribution in [3.8, 4) is 6.07 Å². The fraction of sp³-hybridized carbons (Fsp3) is 0.417. The molecule has 0 atom stereocenters. The Bertz CT molecular complexity index is 577. The van der Waals surface area contributed by atoms with Crippen LogP contribution in [0.3, 0.4) is 0 Å². The van der Waals surface area contributed by atoms with Crippen molar-refractivity contribution >= 4 is 17.4 Å². The number of nitriles is 1. The number of nitrogens with zero attached hydrogens (tertiary/aromatic N) is 3. The van der Waals surface area contributed by atoms with Crippen LogP contribution in [0.4, 0.5) is 11.5 Å². The molecule has 0 aliphatic heterocycles. The lowest BCUT2D eigenvalue weighted by Gasteiger charge is -2.22. The second kappa shape index (κ2) is 5.97. The highest BCUT2D eigenvalue weighted by molar-refractivity contribution is 5.82. The Labute approximate surface area is 116 Å². The molecule has 0 saturated heterocycles. The third-order valence-corrected chi connectivity index (χ3v) is 2.73. The maximum absolute atomic E-state index is 11.6. The summed E-state index contributed by atoms with van der Waals surface area (Å²) in [5, 5.41) is 25.0. The van der Waals surface area contributed by atoms with Gasteiger partial charge in [0, 0.05) is 25.9 Å². The Morgan fingerprint density at radius 1 is 1.60 bits per heavy atom. The summed E-state index contributed by atoms with van der Waals surface area (Å²) in [5.74, 6) is -0.160. The van der Waals surface area contributed by atoms with E-state index < -0.39 is 10.3 Å².